The van der Waals surface area contributed by atoms with Crippen LogP contribution in [0.5, 0.6) is 0 Å². The van der Waals surface area contributed by atoms with Crippen molar-refractivity contribution in [2.24, 2.45) is 0 Å². The molecule has 180 valence electrons. The van der Waals surface area contributed by atoms with Gasteiger partial charge in [0, 0.05) is 12.6 Å². The molecule has 0 bridgehead atoms. The summed E-state index contributed by atoms with van der Waals surface area (Å²) in [6.07, 6.45) is -0.931. The van der Waals surface area contributed by atoms with Gasteiger partial charge in [-0.05, 0) is 60.2 Å². The average molecular weight is 484 g/mol. The Labute approximate surface area is 197 Å². The molecule has 0 spiro atoms. The molecule has 10 heteroatoms. The van der Waals surface area contributed by atoms with Gasteiger partial charge in [0.05, 0.1) is 40.9 Å². The van der Waals surface area contributed by atoms with Crippen LogP contribution in [0, 0.1) is 17.5 Å². The zero-order valence-corrected chi connectivity index (χ0v) is 18.2. The van der Waals surface area contributed by atoms with Gasteiger partial charge in [0.1, 0.15) is 23.6 Å². The molecule has 0 aliphatic carbocycles. The highest BCUT2D eigenvalue weighted by Crippen LogP contribution is 2.29. The summed E-state index contributed by atoms with van der Waals surface area (Å²) in [6.45, 7) is -0.921. The van der Waals surface area contributed by atoms with Crippen LogP contribution in [0.1, 0.15) is 16.1 Å². The molecule has 2 heterocycles. The molecule has 2 aromatic heterocycles. The Kier molecular flexibility index (Phi) is 7.21. The third-order valence-electron chi connectivity index (χ3n) is 5.42. The molecule has 0 radical (unpaired) electrons. The molecule has 0 aliphatic rings. The lowest BCUT2D eigenvalue weighted by Crippen LogP contribution is -2.45. The Balaban J connectivity index is 1.64. The molecule has 35 heavy (non-hydrogen) atoms. The first kappa shape index (κ1) is 24.1. The van der Waals surface area contributed by atoms with Crippen molar-refractivity contribution in [2.75, 3.05) is 6.61 Å². The molecule has 0 aliphatic heterocycles. The van der Waals surface area contributed by atoms with Crippen LogP contribution in [0.15, 0.2) is 66.9 Å². The van der Waals surface area contributed by atoms with Crippen LogP contribution >= 0.6 is 0 Å². The lowest BCUT2D eigenvalue weighted by atomic mass is 10.0. The maximum absolute atomic E-state index is 14.9. The van der Waals surface area contributed by atoms with Crippen LogP contribution in [-0.4, -0.2) is 45.0 Å². The number of pyridine rings is 1. The van der Waals surface area contributed by atoms with Crippen LogP contribution in [0.25, 0.3) is 22.5 Å². The van der Waals surface area contributed by atoms with E-state index in [4.69, 9.17) is 0 Å². The van der Waals surface area contributed by atoms with E-state index >= 15 is 0 Å². The Morgan fingerprint density at radius 3 is 2.49 bits per heavy atom. The Morgan fingerprint density at radius 2 is 1.77 bits per heavy atom. The summed E-state index contributed by atoms with van der Waals surface area (Å²) in [5.41, 5.74) is 0.773. The topological polar surface area (TPSA) is 90.9 Å². The zero-order valence-electron chi connectivity index (χ0n) is 18.2. The van der Waals surface area contributed by atoms with Gasteiger partial charge >= 0.3 is 0 Å². The van der Waals surface area contributed by atoms with E-state index < -0.39 is 42.2 Å². The van der Waals surface area contributed by atoms with Crippen LogP contribution < -0.4 is 5.32 Å². The highest BCUT2D eigenvalue weighted by molar-refractivity contribution is 6.01. The average Bonchev–Trinajstić information content (AvgIpc) is 3.34. The Morgan fingerprint density at radius 1 is 1.03 bits per heavy atom. The number of aromatic nitrogens is 3. The molecule has 1 amide bonds. The fraction of sp³-hybridized carbons (Fsp3) is 0.160. The second-order valence-corrected chi connectivity index (χ2v) is 7.75. The SMILES string of the molecule is O=C(N[C@H](Cc1ncccc1F)[C@H](F)CO)c1cccc(F)c1-c1cc(-c2ccc(F)cc2)[nH]n1. The minimum atomic E-state index is -1.92. The van der Waals surface area contributed by atoms with Gasteiger partial charge in [-0.2, -0.15) is 5.10 Å². The van der Waals surface area contributed by atoms with E-state index in [1.54, 1.807) is 0 Å². The number of H-pyrrole nitrogens is 1. The number of benzene rings is 2. The standard InChI is InChI=1S/C25H20F4N4O2/c26-15-8-6-14(7-9-15)20-11-23(33-32-20)24-16(3-1-4-18(24)28)25(35)31-22(19(29)13-34)12-21-17(27)5-2-10-30-21/h1-11,19,22,34H,12-13H2,(H,31,35)(H,32,33)/t19-,22-/m1/s1. The second-order valence-electron chi connectivity index (χ2n) is 7.75. The molecule has 3 N–H and O–H groups in total. The van der Waals surface area contributed by atoms with E-state index in [1.165, 1.54) is 54.7 Å². The second kappa shape index (κ2) is 10.5. The number of aliphatic hydroxyl groups is 1. The van der Waals surface area contributed by atoms with E-state index in [0.29, 0.717) is 11.3 Å². The molecule has 0 saturated heterocycles. The van der Waals surface area contributed by atoms with Crippen molar-refractivity contribution in [3.8, 4) is 22.5 Å². The van der Waals surface area contributed by atoms with Gasteiger partial charge in [0.25, 0.3) is 5.91 Å². The van der Waals surface area contributed by atoms with Crippen LogP contribution in [0.3, 0.4) is 0 Å². The number of hydrogen-bond donors (Lipinski definition) is 3. The van der Waals surface area contributed by atoms with E-state index in [0.717, 1.165) is 12.1 Å². The quantitative estimate of drug-likeness (QED) is 0.327. The minimum Gasteiger partial charge on any atom is -0.393 e. The maximum atomic E-state index is 14.9. The summed E-state index contributed by atoms with van der Waals surface area (Å²) in [7, 11) is 0. The van der Waals surface area contributed by atoms with Crippen LogP contribution in [0.2, 0.25) is 0 Å². The van der Waals surface area contributed by atoms with Crippen LogP contribution in [-0.2, 0) is 6.42 Å². The van der Waals surface area contributed by atoms with Gasteiger partial charge in [0.2, 0.25) is 0 Å². The molecule has 4 rings (SSSR count). The van der Waals surface area contributed by atoms with E-state index in [1.807, 2.05) is 0 Å². The number of nitrogens with one attached hydrogen (secondary N) is 2. The van der Waals surface area contributed by atoms with Crippen molar-refractivity contribution >= 4 is 5.91 Å². The van der Waals surface area contributed by atoms with Gasteiger partial charge in [-0.15, -0.1) is 0 Å². The van der Waals surface area contributed by atoms with Gasteiger partial charge in [0.15, 0.2) is 0 Å². The molecular weight excluding hydrogens is 464 g/mol. The highest BCUT2D eigenvalue weighted by atomic mass is 19.1. The summed E-state index contributed by atoms with van der Waals surface area (Å²) in [6, 6.07) is 12.0. The summed E-state index contributed by atoms with van der Waals surface area (Å²) in [4.78, 5) is 17.0. The molecule has 6 nitrogen and oxygen atoms in total. The molecule has 4 aromatic rings. The van der Waals surface area contributed by atoms with Gasteiger partial charge in [-0.25, -0.2) is 17.6 Å². The fourth-order valence-corrected chi connectivity index (χ4v) is 3.62. The predicted molar refractivity (Wildman–Crippen MR) is 121 cm³/mol. The summed E-state index contributed by atoms with van der Waals surface area (Å²) in [5, 5.41) is 18.5. The molecule has 0 unspecified atom stereocenters. The Hall–Kier alpha value is -4.05. The number of nitrogens with zero attached hydrogens (tertiary/aromatic N) is 2. The fourth-order valence-electron chi connectivity index (χ4n) is 3.62. The predicted octanol–water partition coefficient (Wildman–Crippen LogP) is 4.23. The third-order valence-corrected chi connectivity index (χ3v) is 5.42. The summed E-state index contributed by atoms with van der Waals surface area (Å²) >= 11 is 0. The number of aliphatic hydroxyl groups excluding tert-OH is 1. The lowest BCUT2D eigenvalue weighted by Gasteiger charge is -2.22. The lowest BCUT2D eigenvalue weighted by molar-refractivity contribution is 0.0868. The number of alkyl halides is 1. The molecule has 0 fully saturated rings. The number of halogens is 4. The van der Waals surface area contributed by atoms with Crippen molar-refractivity contribution in [1.82, 2.24) is 20.5 Å². The normalized spacial score (nSPS) is 12.8. The van der Waals surface area contributed by atoms with Gasteiger partial charge in [-0.1, -0.05) is 6.07 Å². The first-order chi connectivity index (χ1) is 16.9. The highest BCUT2D eigenvalue weighted by Gasteiger charge is 2.27. The summed E-state index contributed by atoms with van der Waals surface area (Å²) in [5.74, 6) is -2.70. The number of carbonyl (C=O) groups is 1. The van der Waals surface area contributed by atoms with E-state index in [2.05, 4.69) is 20.5 Å². The first-order valence-corrected chi connectivity index (χ1v) is 10.6. The van der Waals surface area contributed by atoms with E-state index in [9.17, 15) is 27.5 Å². The van der Waals surface area contributed by atoms with Crippen molar-refractivity contribution in [2.45, 2.75) is 18.6 Å². The van der Waals surface area contributed by atoms with Crippen molar-refractivity contribution < 1.29 is 27.5 Å². The van der Waals surface area contributed by atoms with E-state index in [-0.39, 0.29) is 28.9 Å². The van der Waals surface area contributed by atoms with Crippen molar-refractivity contribution in [1.29, 1.82) is 0 Å². The number of hydrogen-bond acceptors (Lipinski definition) is 4. The van der Waals surface area contributed by atoms with Crippen molar-refractivity contribution in [3.63, 3.8) is 0 Å². The van der Waals surface area contributed by atoms with Crippen LogP contribution in [0.4, 0.5) is 17.6 Å². The first-order valence-electron chi connectivity index (χ1n) is 10.6. The smallest absolute Gasteiger partial charge is 0.252 e. The monoisotopic (exact) mass is 484 g/mol. The zero-order chi connectivity index (χ0) is 24.9. The summed E-state index contributed by atoms with van der Waals surface area (Å²) < 4.78 is 56.6. The number of rotatable bonds is 8. The maximum Gasteiger partial charge on any atom is 0.252 e. The molecular formula is C25H20F4N4O2. The Bertz CT molecular complexity index is 1330. The number of carbonyl (C=O) groups excluding carboxylic acids is 1. The minimum absolute atomic E-state index is 0.0930. The van der Waals surface area contributed by atoms with Gasteiger partial charge < -0.3 is 10.4 Å². The molecule has 0 saturated carbocycles. The third kappa shape index (κ3) is 5.38. The van der Waals surface area contributed by atoms with Crippen molar-refractivity contribution in [3.05, 3.63) is 95.6 Å². The largest absolute Gasteiger partial charge is 0.393 e. The number of aromatic amines is 1. The molecule has 2 atom stereocenters. The van der Waals surface area contributed by atoms with Gasteiger partial charge in [-0.3, -0.25) is 14.9 Å². The molecule has 2 aromatic carbocycles. The number of amides is 1.